The molecule has 3 aromatic heterocycles. The van der Waals surface area contributed by atoms with Crippen molar-refractivity contribution in [2.24, 2.45) is 0 Å². The zero-order valence-electron chi connectivity index (χ0n) is 8.46. The fourth-order valence-corrected chi connectivity index (χ4v) is 2.26. The van der Waals surface area contributed by atoms with E-state index in [0.29, 0.717) is 0 Å². The molecule has 0 radical (unpaired) electrons. The molecule has 0 amide bonds. The van der Waals surface area contributed by atoms with Gasteiger partial charge in [-0.1, -0.05) is 12.1 Å². The van der Waals surface area contributed by atoms with Crippen molar-refractivity contribution < 1.29 is 4.40 Å². The summed E-state index contributed by atoms with van der Waals surface area (Å²) in [6, 6.07) is 10.1. The lowest BCUT2D eigenvalue weighted by atomic mass is 10.1. The Labute approximate surface area is 91.3 Å². The molecule has 0 spiro atoms. The van der Waals surface area contributed by atoms with E-state index < -0.39 is 0 Å². The van der Waals surface area contributed by atoms with Crippen molar-refractivity contribution in [1.82, 2.24) is 9.97 Å². The van der Waals surface area contributed by atoms with Gasteiger partial charge >= 0.3 is 0 Å². The van der Waals surface area contributed by atoms with Crippen LogP contribution in [0.25, 0.3) is 27.3 Å². The van der Waals surface area contributed by atoms with E-state index in [1.54, 1.807) is 0 Å². The van der Waals surface area contributed by atoms with Crippen molar-refractivity contribution in [2.75, 3.05) is 0 Å². The molecule has 0 aliphatic heterocycles. The van der Waals surface area contributed by atoms with Crippen LogP contribution in [0.3, 0.4) is 0 Å². The average molecular weight is 206 g/mol. The summed E-state index contributed by atoms with van der Waals surface area (Å²) in [5.41, 5.74) is 3.18. The van der Waals surface area contributed by atoms with Crippen molar-refractivity contribution in [1.29, 1.82) is 0 Å². The molecule has 4 aromatic rings. The number of nitrogens with zero attached hydrogens (tertiary/aromatic N) is 3. The van der Waals surface area contributed by atoms with Crippen molar-refractivity contribution >= 4 is 27.3 Å². The quantitative estimate of drug-likeness (QED) is 0.325. The molecular weight excluding hydrogens is 198 g/mol. The molecule has 0 atom stereocenters. The summed E-state index contributed by atoms with van der Waals surface area (Å²) in [4.78, 5) is 8.91. The zero-order chi connectivity index (χ0) is 10.5. The van der Waals surface area contributed by atoms with E-state index >= 15 is 0 Å². The van der Waals surface area contributed by atoms with Crippen LogP contribution in [0.1, 0.15) is 0 Å². The molecule has 3 heteroatoms. The predicted molar refractivity (Wildman–Crippen MR) is 61.4 cm³/mol. The van der Waals surface area contributed by atoms with Crippen LogP contribution < -0.4 is 4.40 Å². The topological polar surface area (TPSA) is 29.9 Å². The second-order valence-electron chi connectivity index (χ2n) is 3.89. The Morgan fingerprint density at radius 1 is 0.938 bits per heavy atom. The van der Waals surface area contributed by atoms with Crippen LogP contribution >= 0.6 is 0 Å². The molecule has 0 unspecified atom stereocenters. The monoisotopic (exact) mass is 206 g/mol. The summed E-state index contributed by atoms with van der Waals surface area (Å²) in [6.07, 6.45) is 5.75. The Morgan fingerprint density at radius 3 is 2.88 bits per heavy atom. The summed E-state index contributed by atoms with van der Waals surface area (Å²) in [5.74, 6) is 0. The van der Waals surface area contributed by atoms with Gasteiger partial charge in [0.15, 0.2) is 11.0 Å². The van der Waals surface area contributed by atoms with Gasteiger partial charge in [0.05, 0.1) is 11.6 Å². The van der Waals surface area contributed by atoms with Gasteiger partial charge in [-0.25, -0.2) is 0 Å². The van der Waals surface area contributed by atoms with Crippen LogP contribution in [-0.4, -0.2) is 9.97 Å². The Balaban J connectivity index is 2.51. The fourth-order valence-electron chi connectivity index (χ4n) is 2.26. The van der Waals surface area contributed by atoms with Crippen molar-refractivity contribution in [3.05, 3.63) is 49.1 Å². The molecule has 0 aliphatic carbocycles. The highest BCUT2D eigenvalue weighted by Gasteiger charge is 2.14. The third kappa shape index (κ3) is 0.852. The number of benzene rings is 1. The largest absolute Gasteiger partial charge is 0.292 e. The highest BCUT2D eigenvalue weighted by Crippen LogP contribution is 2.24. The molecule has 3 nitrogen and oxygen atoms in total. The summed E-state index contributed by atoms with van der Waals surface area (Å²) < 4.78 is 2.03. The van der Waals surface area contributed by atoms with E-state index in [1.807, 2.05) is 47.4 Å². The lowest BCUT2D eigenvalue weighted by Gasteiger charge is -2.03. The van der Waals surface area contributed by atoms with Crippen LogP contribution in [0, 0.1) is 0 Å². The van der Waals surface area contributed by atoms with Gasteiger partial charge in [0.25, 0.3) is 6.33 Å². The Morgan fingerprint density at radius 2 is 1.88 bits per heavy atom. The maximum absolute atomic E-state index is 4.46. The molecule has 1 aromatic carbocycles. The van der Waals surface area contributed by atoms with Gasteiger partial charge in [0.1, 0.15) is 5.52 Å². The third-order valence-corrected chi connectivity index (χ3v) is 2.98. The van der Waals surface area contributed by atoms with Crippen LogP contribution in [0.4, 0.5) is 0 Å². The smallest absolute Gasteiger partial charge is 0.252 e. The lowest BCUT2D eigenvalue weighted by molar-refractivity contribution is -0.513. The van der Waals surface area contributed by atoms with Crippen molar-refractivity contribution in [3.8, 4) is 0 Å². The Hall–Kier alpha value is -2.29. The first-order valence-corrected chi connectivity index (χ1v) is 5.19. The van der Waals surface area contributed by atoms with Gasteiger partial charge in [0.2, 0.25) is 0 Å². The fraction of sp³-hybridized carbons (Fsp3) is 0. The summed E-state index contributed by atoms with van der Waals surface area (Å²) in [7, 11) is 0. The Bertz CT molecular complexity index is 678. The first-order chi connectivity index (χ1) is 7.93. The molecule has 4 rings (SSSR count). The van der Waals surface area contributed by atoms with Gasteiger partial charge in [0, 0.05) is 11.6 Å². The number of hydrogen-bond acceptors (Lipinski definition) is 2. The third-order valence-electron chi connectivity index (χ3n) is 2.98. The standard InChI is InChI=1S/C13H8N3/c1-3-9-7-14-11-5-2-6-16-8-15-10(4-1)12(9)13(11)16/h1-8H/q+1. The normalized spacial score (nSPS) is 11.8. The van der Waals surface area contributed by atoms with Crippen LogP contribution in [0.5, 0.6) is 0 Å². The molecule has 0 N–H and O–H groups in total. The number of pyridine rings is 2. The van der Waals surface area contributed by atoms with Gasteiger partial charge in [-0.3, -0.25) is 4.98 Å². The van der Waals surface area contributed by atoms with E-state index in [0.717, 1.165) is 21.9 Å². The first kappa shape index (κ1) is 7.93. The maximum Gasteiger partial charge on any atom is 0.292 e. The summed E-state index contributed by atoms with van der Waals surface area (Å²) in [6.45, 7) is 0. The van der Waals surface area contributed by atoms with Crippen molar-refractivity contribution in [3.63, 3.8) is 0 Å². The highest BCUT2D eigenvalue weighted by molar-refractivity contribution is 6.09. The van der Waals surface area contributed by atoms with E-state index in [2.05, 4.69) is 16.0 Å². The highest BCUT2D eigenvalue weighted by atomic mass is 15.0. The Kier molecular flexibility index (Phi) is 1.31. The molecule has 0 bridgehead atoms. The minimum absolute atomic E-state index is 1.01. The van der Waals surface area contributed by atoms with Crippen LogP contribution in [-0.2, 0) is 0 Å². The lowest BCUT2D eigenvalue weighted by Crippen LogP contribution is -2.22. The second kappa shape index (κ2) is 2.64. The molecular formula is C13H8N3+. The van der Waals surface area contributed by atoms with Gasteiger partial charge < -0.3 is 0 Å². The van der Waals surface area contributed by atoms with Gasteiger partial charge in [-0.15, -0.1) is 0 Å². The van der Waals surface area contributed by atoms with Gasteiger partial charge in [-0.05, 0) is 23.2 Å². The maximum atomic E-state index is 4.46. The van der Waals surface area contributed by atoms with E-state index in [1.165, 1.54) is 5.39 Å². The molecule has 0 fully saturated rings. The SMILES string of the molecule is c1cc2cnc3ccc[n+]4cnc(c1)c2c34. The second-order valence-corrected chi connectivity index (χ2v) is 3.89. The van der Waals surface area contributed by atoms with Gasteiger partial charge in [-0.2, -0.15) is 4.40 Å². The van der Waals surface area contributed by atoms with E-state index in [-0.39, 0.29) is 0 Å². The van der Waals surface area contributed by atoms with E-state index in [4.69, 9.17) is 0 Å². The number of aromatic nitrogens is 3. The van der Waals surface area contributed by atoms with E-state index in [9.17, 15) is 0 Å². The molecule has 0 saturated carbocycles. The average Bonchev–Trinajstić information content (AvgIpc) is 2.36. The summed E-state index contributed by atoms with van der Waals surface area (Å²) >= 11 is 0. The van der Waals surface area contributed by atoms with Crippen LogP contribution in [0.15, 0.2) is 49.1 Å². The number of rotatable bonds is 0. The molecule has 16 heavy (non-hydrogen) atoms. The first-order valence-electron chi connectivity index (χ1n) is 5.19. The predicted octanol–water partition coefficient (Wildman–Crippen LogP) is 1.96. The van der Waals surface area contributed by atoms with Crippen molar-refractivity contribution in [2.45, 2.75) is 0 Å². The minimum Gasteiger partial charge on any atom is -0.252 e. The number of hydrogen-bond donors (Lipinski definition) is 0. The zero-order valence-corrected chi connectivity index (χ0v) is 8.46. The molecule has 3 heterocycles. The molecule has 74 valence electrons. The summed E-state index contributed by atoms with van der Waals surface area (Å²) in [5, 5.41) is 2.33. The molecule has 0 aliphatic rings. The minimum atomic E-state index is 1.01. The molecule has 0 saturated heterocycles. The van der Waals surface area contributed by atoms with Crippen LogP contribution in [0.2, 0.25) is 0 Å².